The first-order valence-corrected chi connectivity index (χ1v) is 9.02. The first-order valence-electron chi connectivity index (χ1n) is 9.02. The van der Waals surface area contributed by atoms with Crippen LogP contribution in [0, 0.1) is 17.9 Å². The maximum atomic E-state index is 13.3. The van der Waals surface area contributed by atoms with Gasteiger partial charge in [0, 0.05) is 11.4 Å². The second kappa shape index (κ2) is 7.18. The van der Waals surface area contributed by atoms with Crippen LogP contribution in [0.15, 0.2) is 59.9 Å². The summed E-state index contributed by atoms with van der Waals surface area (Å²) in [6, 6.07) is 12.7. The minimum Gasteiger partial charge on any atom is -0.368 e. The number of nitrogen functional groups attached to an aromatic ring is 1. The lowest BCUT2D eigenvalue weighted by molar-refractivity contribution is -0.137. The van der Waals surface area contributed by atoms with E-state index in [1.165, 1.54) is 21.6 Å². The Balaban J connectivity index is 1.93. The molecule has 3 aromatic rings. The van der Waals surface area contributed by atoms with Crippen LogP contribution in [0.2, 0.25) is 0 Å². The van der Waals surface area contributed by atoms with Gasteiger partial charge in [0.05, 0.1) is 23.8 Å². The van der Waals surface area contributed by atoms with Crippen molar-refractivity contribution >= 4 is 17.6 Å². The maximum Gasteiger partial charge on any atom is 0.416 e. The Bertz CT molecular complexity index is 1270. The zero-order valence-corrected chi connectivity index (χ0v) is 16.1. The van der Waals surface area contributed by atoms with Crippen LogP contribution in [-0.4, -0.2) is 14.8 Å². The molecule has 7 nitrogen and oxygen atoms in total. The lowest BCUT2D eigenvalue weighted by atomic mass is 9.99. The molecule has 2 aromatic carbocycles. The van der Waals surface area contributed by atoms with E-state index in [9.17, 15) is 13.2 Å². The number of benzene rings is 2. The van der Waals surface area contributed by atoms with Crippen LogP contribution in [0.25, 0.3) is 4.85 Å². The van der Waals surface area contributed by atoms with Crippen LogP contribution in [0.3, 0.4) is 0 Å². The van der Waals surface area contributed by atoms with Gasteiger partial charge >= 0.3 is 6.18 Å². The van der Waals surface area contributed by atoms with E-state index in [0.29, 0.717) is 16.8 Å². The van der Waals surface area contributed by atoms with Gasteiger partial charge in [0.2, 0.25) is 17.6 Å². The minimum absolute atomic E-state index is 0.00925. The number of rotatable bonds is 2. The summed E-state index contributed by atoms with van der Waals surface area (Å²) in [5.74, 6) is 0.200. The number of halogens is 3. The van der Waals surface area contributed by atoms with Gasteiger partial charge in [0.25, 0.3) is 0 Å². The third-order valence-electron chi connectivity index (χ3n) is 5.04. The van der Waals surface area contributed by atoms with Crippen molar-refractivity contribution in [2.45, 2.75) is 19.1 Å². The number of nitrogens with zero attached hydrogens (tertiary/aromatic N) is 6. The van der Waals surface area contributed by atoms with E-state index in [1.54, 1.807) is 31.2 Å². The minimum atomic E-state index is -4.52. The van der Waals surface area contributed by atoms with Gasteiger partial charge in [-0.25, -0.2) is 4.85 Å². The van der Waals surface area contributed by atoms with Gasteiger partial charge in [0.1, 0.15) is 6.04 Å². The fourth-order valence-corrected chi connectivity index (χ4v) is 3.60. The van der Waals surface area contributed by atoms with Gasteiger partial charge in [-0.3, -0.25) is 9.47 Å². The SMILES string of the molecule is [C-]#[N+]C1=C(C)N(c2cccc(C(F)(F)F)c2)c2nnc(N)n2C1c1ccc(C#N)cc1. The van der Waals surface area contributed by atoms with Crippen LogP contribution in [-0.2, 0) is 6.18 Å². The molecule has 2 heterocycles. The lowest BCUT2D eigenvalue weighted by Gasteiger charge is -2.35. The molecule has 0 radical (unpaired) electrons. The van der Waals surface area contributed by atoms with E-state index in [0.717, 1.165) is 12.1 Å². The maximum absolute atomic E-state index is 13.3. The van der Waals surface area contributed by atoms with Crippen molar-refractivity contribution in [2.75, 3.05) is 10.6 Å². The first kappa shape index (κ1) is 20.0. The average Bonchev–Trinajstić information content (AvgIpc) is 3.13. The number of alkyl halides is 3. The summed E-state index contributed by atoms with van der Waals surface area (Å²) in [6.45, 7) is 9.40. The van der Waals surface area contributed by atoms with Crippen molar-refractivity contribution < 1.29 is 13.2 Å². The van der Waals surface area contributed by atoms with E-state index in [2.05, 4.69) is 15.0 Å². The molecule has 0 spiro atoms. The smallest absolute Gasteiger partial charge is 0.368 e. The molecule has 1 unspecified atom stereocenters. The van der Waals surface area contributed by atoms with Crippen molar-refractivity contribution in [3.8, 4) is 6.07 Å². The number of fused-ring (bicyclic) bond motifs is 1. The summed E-state index contributed by atoms with van der Waals surface area (Å²) >= 11 is 0. The van der Waals surface area contributed by atoms with Crippen molar-refractivity contribution in [3.05, 3.63) is 88.0 Å². The molecule has 31 heavy (non-hydrogen) atoms. The van der Waals surface area contributed by atoms with E-state index >= 15 is 0 Å². The predicted octanol–water partition coefficient (Wildman–Crippen LogP) is 4.64. The number of anilines is 3. The second-order valence-electron chi connectivity index (χ2n) is 6.83. The molecule has 154 valence electrons. The predicted molar refractivity (Wildman–Crippen MR) is 107 cm³/mol. The molecule has 0 aliphatic carbocycles. The molecular weight excluding hydrogens is 407 g/mol. The number of hydrogen-bond acceptors (Lipinski definition) is 5. The highest BCUT2D eigenvalue weighted by Gasteiger charge is 2.37. The molecule has 1 atom stereocenters. The molecule has 4 rings (SSSR count). The Kier molecular flexibility index (Phi) is 4.63. The molecule has 0 saturated heterocycles. The standard InChI is InChI=1S/C21H14F3N7/c1-12-17(27-2)18(14-8-6-13(11-25)7-9-14)31-19(26)28-29-20(31)30(12)16-5-3-4-15(10-16)21(22,23)24/h3-10,18H,1H3,(H2,26,28). The Hall–Kier alpha value is -4.31. The zero-order chi connectivity index (χ0) is 22.3. The van der Waals surface area contributed by atoms with Gasteiger partial charge in [-0.05, 0) is 42.8 Å². The molecule has 10 heteroatoms. The Labute approximate surface area is 175 Å². The van der Waals surface area contributed by atoms with Gasteiger partial charge in [0.15, 0.2) is 0 Å². The fourth-order valence-electron chi connectivity index (χ4n) is 3.60. The lowest BCUT2D eigenvalue weighted by Crippen LogP contribution is -2.30. The Morgan fingerprint density at radius 1 is 1.16 bits per heavy atom. The topological polar surface area (TPSA) is 88.1 Å². The molecule has 1 aliphatic rings. The normalized spacial score (nSPS) is 15.9. The van der Waals surface area contributed by atoms with Gasteiger partial charge < -0.3 is 5.73 Å². The summed E-state index contributed by atoms with van der Waals surface area (Å²) in [6.07, 6.45) is -4.52. The first-order chi connectivity index (χ1) is 14.8. The molecule has 0 saturated carbocycles. The number of allylic oxidation sites excluding steroid dienone is 2. The van der Waals surface area contributed by atoms with Gasteiger partial charge in [-0.1, -0.05) is 18.2 Å². The summed E-state index contributed by atoms with van der Waals surface area (Å²) in [5, 5.41) is 17.0. The molecule has 0 fully saturated rings. The third kappa shape index (κ3) is 3.24. The summed E-state index contributed by atoms with van der Waals surface area (Å²) in [7, 11) is 0. The highest BCUT2D eigenvalue weighted by Crippen LogP contribution is 2.44. The second-order valence-corrected chi connectivity index (χ2v) is 6.83. The van der Waals surface area contributed by atoms with E-state index in [1.807, 2.05) is 6.07 Å². The molecule has 1 aromatic heterocycles. The van der Waals surface area contributed by atoms with Gasteiger partial charge in [-0.15, -0.1) is 10.2 Å². The zero-order valence-electron chi connectivity index (χ0n) is 16.1. The quantitative estimate of drug-likeness (QED) is 0.609. The van der Waals surface area contributed by atoms with Crippen LogP contribution in [0.5, 0.6) is 0 Å². The molecule has 1 aliphatic heterocycles. The van der Waals surface area contributed by atoms with Crippen molar-refractivity contribution in [1.29, 1.82) is 5.26 Å². The Morgan fingerprint density at radius 3 is 2.48 bits per heavy atom. The molecule has 0 amide bonds. The van der Waals surface area contributed by atoms with Crippen molar-refractivity contribution in [3.63, 3.8) is 0 Å². The number of hydrogen-bond donors (Lipinski definition) is 1. The van der Waals surface area contributed by atoms with E-state index < -0.39 is 17.8 Å². The van der Waals surface area contributed by atoms with E-state index in [4.69, 9.17) is 17.6 Å². The molecule has 0 bridgehead atoms. The van der Waals surface area contributed by atoms with Crippen molar-refractivity contribution in [2.24, 2.45) is 0 Å². The highest BCUT2D eigenvalue weighted by molar-refractivity contribution is 5.69. The average molecular weight is 421 g/mol. The van der Waals surface area contributed by atoms with Crippen LogP contribution < -0.4 is 10.6 Å². The molecule has 2 N–H and O–H groups in total. The van der Waals surface area contributed by atoms with Gasteiger partial charge in [-0.2, -0.15) is 18.4 Å². The van der Waals surface area contributed by atoms with Crippen LogP contribution in [0.1, 0.15) is 29.7 Å². The Morgan fingerprint density at radius 2 is 1.87 bits per heavy atom. The monoisotopic (exact) mass is 421 g/mol. The van der Waals surface area contributed by atoms with E-state index in [-0.39, 0.29) is 23.3 Å². The summed E-state index contributed by atoms with van der Waals surface area (Å²) < 4.78 is 41.3. The number of nitriles is 1. The largest absolute Gasteiger partial charge is 0.416 e. The number of aromatic nitrogens is 3. The summed E-state index contributed by atoms with van der Waals surface area (Å²) in [4.78, 5) is 5.10. The third-order valence-corrected chi connectivity index (χ3v) is 5.04. The van der Waals surface area contributed by atoms with Crippen molar-refractivity contribution in [1.82, 2.24) is 14.8 Å². The summed E-state index contributed by atoms with van der Waals surface area (Å²) in [5.41, 5.74) is 7.18. The fraction of sp³-hybridized carbons (Fsp3) is 0.143. The van der Waals surface area contributed by atoms with Crippen LogP contribution in [0.4, 0.5) is 30.8 Å². The highest BCUT2D eigenvalue weighted by atomic mass is 19.4. The molecular formula is C21H14F3N7. The number of nitrogens with two attached hydrogens (primary N) is 1. The van der Waals surface area contributed by atoms with Crippen LogP contribution >= 0.6 is 0 Å².